The SMILES string of the molecule is CCCCCCCCCCCCCCCC(=O)OC[C@@H](COC(=O)CCCCCCC)OC(=O)CCCCCCCCCCC(C)C. The molecule has 0 saturated carbocycles. The second kappa shape index (κ2) is 35.7. The van der Waals surface area contributed by atoms with Gasteiger partial charge in [0.15, 0.2) is 6.10 Å². The molecule has 0 heterocycles. The molecule has 0 aromatic rings. The van der Waals surface area contributed by atoms with Crippen LogP contribution >= 0.6 is 0 Å². The molecule has 0 rings (SSSR count). The van der Waals surface area contributed by atoms with E-state index in [9.17, 15) is 14.4 Å². The topological polar surface area (TPSA) is 78.9 Å². The van der Waals surface area contributed by atoms with E-state index in [4.69, 9.17) is 14.2 Å². The zero-order valence-corrected chi connectivity index (χ0v) is 31.7. The smallest absolute Gasteiger partial charge is 0.306 e. The minimum absolute atomic E-state index is 0.0659. The number of carbonyl (C=O) groups excluding carboxylic acids is 3. The molecular weight excluding hydrogens is 588 g/mol. The average Bonchev–Trinajstić information content (AvgIpc) is 3.05. The van der Waals surface area contributed by atoms with Crippen molar-refractivity contribution in [2.45, 2.75) is 226 Å². The van der Waals surface area contributed by atoms with Crippen molar-refractivity contribution in [1.82, 2.24) is 0 Å². The highest BCUT2D eigenvalue weighted by molar-refractivity contribution is 5.71. The average molecular weight is 667 g/mol. The molecule has 0 fully saturated rings. The molecule has 0 saturated heterocycles. The summed E-state index contributed by atoms with van der Waals surface area (Å²) in [5.41, 5.74) is 0. The molecule has 0 aliphatic carbocycles. The van der Waals surface area contributed by atoms with Gasteiger partial charge < -0.3 is 14.2 Å². The van der Waals surface area contributed by atoms with Crippen molar-refractivity contribution in [1.29, 1.82) is 0 Å². The fourth-order valence-corrected chi connectivity index (χ4v) is 5.92. The second-order valence-corrected chi connectivity index (χ2v) is 14.4. The molecular formula is C41H78O6. The van der Waals surface area contributed by atoms with Gasteiger partial charge in [0.1, 0.15) is 13.2 Å². The quantitative estimate of drug-likeness (QED) is 0.0376. The Morgan fingerprint density at radius 3 is 1.04 bits per heavy atom. The molecule has 47 heavy (non-hydrogen) atoms. The molecule has 0 unspecified atom stereocenters. The van der Waals surface area contributed by atoms with Gasteiger partial charge in [0.05, 0.1) is 0 Å². The first kappa shape index (κ1) is 45.4. The first-order valence-electron chi connectivity index (χ1n) is 20.4. The van der Waals surface area contributed by atoms with Gasteiger partial charge >= 0.3 is 17.9 Å². The predicted octanol–water partition coefficient (Wildman–Crippen LogP) is 12.4. The third kappa shape index (κ3) is 35.5. The Morgan fingerprint density at radius 1 is 0.404 bits per heavy atom. The Bertz CT molecular complexity index is 706. The van der Waals surface area contributed by atoms with E-state index >= 15 is 0 Å². The summed E-state index contributed by atoms with van der Waals surface area (Å²) in [4.78, 5) is 37.3. The van der Waals surface area contributed by atoms with Crippen molar-refractivity contribution >= 4 is 17.9 Å². The predicted molar refractivity (Wildman–Crippen MR) is 196 cm³/mol. The molecule has 278 valence electrons. The fraction of sp³-hybridized carbons (Fsp3) is 0.927. The summed E-state index contributed by atoms with van der Waals surface area (Å²) in [5, 5.41) is 0. The lowest BCUT2D eigenvalue weighted by atomic mass is 10.0. The van der Waals surface area contributed by atoms with Crippen LogP contribution in [0.25, 0.3) is 0 Å². The molecule has 0 radical (unpaired) electrons. The van der Waals surface area contributed by atoms with E-state index in [1.807, 2.05) is 0 Å². The fourth-order valence-electron chi connectivity index (χ4n) is 5.92. The lowest BCUT2D eigenvalue weighted by molar-refractivity contribution is -0.167. The van der Waals surface area contributed by atoms with Crippen molar-refractivity contribution in [3.63, 3.8) is 0 Å². The Morgan fingerprint density at radius 2 is 0.702 bits per heavy atom. The molecule has 0 amide bonds. The van der Waals surface area contributed by atoms with Crippen molar-refractivity contribution in [2.75, 3.05) is 13.2 Å². The maximum Gasteiger partial charge on any atom is 0.306 e. The summed E-state index contributed by atoms with van der Waals surface area (Å²) >= 11 is 0. The number of hydrogen-bond acceptors (Lipinski definition) is 6. The van der Waals surface area contributed by atoms with E-state index < -0.39 is 6.10 Å². The first-order valence-corrected chi connectivity index (χ1v) is 20.4. The van der Waals surface area contributed by atoms with Crippen LogP contribution in [0.3, 0.4) is 0 Å². The van der Waals surface area contributed by atoms with Gasteiger partial charge in [-0.25, -0.2) is 0 Å². The van der Waals surface area contributed by atoms with Gasteiger partial charge in [-0.1, -0.05) is 182 Å². The highest BCUT2D eigenvalue weighted by atomic mass is 16.6. The highest BCUT2D eigenvalue weighted by Crippen LogP contribution is 2.15. The van der Waals surface area contributed by atoms with Crippen LogP contribution in [0.2, 0.25) is 0 Å². The standard InChI is InChI=1S/C41H78O6/c1-5-7-9-11-12-13-14-15-16-17-21-25-29-33-40(43)46-36-38(35-45-39(42)32-28-23-10-8-6-2)47-41(44)34-30-26-22-19-18-20-24-27-31-37(3)4/h37-38H,5-36H2,1-4H3/t38-/m1/s1. The number of esters is 3. The van der Waals surface area contributed by atoms with E-state index in [1.54, 1.807) is 0 Å². The molecule has 0 N–H and O–H groups in total. The maximum atomic E-state index is 12.6. The van der Waals surface area contributed by atoms with Gasteiger partial charge in [-0.15, -0.1) is 0 Å². The molecule has 0 aliphatic rings. The minimum Gasteiger partial charge on any atom is -0.462 e. The van der Waals surface area contributed by atoms with E-state index in [0.717, 1.165) is 70.1 Å². The minimum atomic E-state index is -0.757. The summed E-state index contributed by atoms with van der Waals surface area (Å²) in [7, 11) is 0. The number of hydrogen-bond donors (Lipinski definition) is 0. The van der Waals surface area contributed by atoms with Crippen LogP contribution in [-0.2, 0) is 28.6 Å². The highest BCUT2D eigenvalue weighted by Gasteiger charge is 2.19. The zero-order chi connectivity index (χ0) is 34.6. The summed E-state index contributed by atoms with van der Waals surface area (Å²) in [6.45, 7) is 8.86. The largest absolute Gasteiger partial charge is 0.462 e. The Balaban J connectivity index is 4.24. The van der Waals surface area contributed by atoms with Crippen molar-refractivity contribution in [2.24, 2.45) is 5.92 Å². The Labute approximate surface area is 291 Å². The van der Waals surface area contributed by atoms with Gasteiger partial charge in [-0.2, -0.15) is 0 Å². The van der Waals surface area contributed by atoms with Crippen LogP contribution in [0, 0.1) is 5.92 Å². The van der Waals surface area contributed by atoms with Crippen LogP contribution in [0.15, 0.2) is 0 Å². The van der Waals surface area contributed by atoms with E-state index in [-0.39, 0.29) is 31.1 Å². The van der Waals surface area contributed by atoms with Gasteiger partial charge in [0.25, 0.3) is 0 Å². The van der Waals surface area contributed by atoms with Crippen LogP contribution < -0.4 is 0 Å². The lowest BCUT2D eigenvalue weighted by Gasteiger charge is -2.18. The third-order valence-corrected chi connectivity index (χ3v) is 9.04. The van der Waals surface area contributed by atoms with Crippen LogP contribution in [-0.4, -0.2) is 37.2 Å². The van der Waals surface area contributed by atoms with Gasteiger partial charge in [0.2, 0.25) is 0 Å². The molecule has 0 bridgehead atoms. The monoisotopic (exact) mass is 667 g/mol. The molecule has 0 aromatic carbocycles. The molecule has 6 nitrogen and oxygen atoms in total. The van der Waals surface area contributed by atoms with Crippen LogP contribution in [0.5, 0.6) is 0 Å². The van der Waals surface area contributed by atoms with E-state index in [1.165, 1.54) is 109 Å². The van der Waals surface area contributed by atoms with E-state index in [2.05, 4.69) is 27.7 Å². The molecule has 0 aromatic heterocycles. The second-order valence-electron chi connectivity index (χ2n) is 14.4. The summed E-state index contributed by atoms with van der Waals surface area (Å²) in [6.07, 6.45) is 32.6. The number of ether oxygens (including phenoxy) is 3. The van der Waals surface area contributed by atoms with Gasteiger partial charge in [0, 0.05) is 19.3 Å². The summed E-state index contributed by atoms with van der Waals surface area (Å²) in [6, 6.07) is 0. The molecule has 0 aliphatic heterocycles. The van der Waals surface area contributed by atoms with Crippen molar-refractivity contribution < 1.29 is 28.6 Å². The third-order valence-electron chi connectivity index (χ3n) is 9.04. The lowest BCUT2D eigenvalue weighted by Crippen LogP contribution is -2.30. The summed E-state index contributed by atoms with van der Waals surface area (Å²) < 4.78 is 16.5. The molecule has 0 spiro atoms. The zero-order valence-electron chi connectivity index (χ0n) is 31.7. The van der Waals surface area contributed by atoms with E-state index in [0.29, 0.717) is 19.3 Å². The normalized spacial score (nSPS) is 11.9. The maximum absolute atomic E-state index is 12.6. The van der Waals surface area contributed by atoms with Crippen LogP contribution in [0.1, 0.15) is 220 Å². The van der Waals surface area contributed by atoms with Crippen molar-refractivity contribution in [3.05, 3.63) is 0 Å². The van der Waals surface area contributed by atoms with Crippen LogP contribution in [0.4, 0.5) is 0 Å². The number of unbranched alkanes of at least 4 members (excludes halogenated alkanes) is 23. The molecule has 1 atom stereocenters. The Hall–Kier alpha value is -1.59. The van der Waals surface area contributed by atoms with Gasteiger partial charge in [-0.05, 0) is 25.2 Å². The summed E-state index contributed by atoms with van der Waals surface area (Å²) in [5.74, 6) is -0.0832. The van der Waals surface area contributed by atoms with Crippen molar-refractivity contribution in [3.8, 4) is 0 Å². The number of rotatable bonds is 36. The number of carbonyl (C=O) groups is 3. The Kier molecular flexibility index (Phi) is 34.5. The molecule has 6 heteroatoms. The van der Waals surface area contributed by atoms with Gasteiger partial charge in [-0.3, -0.25) is 14.4 Å². The first-order chi connectivity index (χ1) is 22.9.